The van der Waals surface area contributed by atoms with E-state index in [1.165, 1.54) is 6.20 Å². The van der Waals surface area contributed by atoms with Gasteiger partial charge in [0.05, 0.1) is 18.8 Å². The summed E-state index contributed by atoms with van der Waals surface area (Å²) < 4.78 is 7.04. The fourth-order valence-corrected chi connectivity index (χ4v) is 2.94. The van der Waals surface area contributed by atoms with Gasteiger partial charge in [-0.25, -0.2) is 4.79 Å². The number of carbonyl (C=O) groups is 1. The molecular formula is C10H15N3O3S. The van der Waals surface area contributed by atoms with Crippen LogP contribution in [0.25, 0.3) is 0 Å². The lowest BCUT2D eigenvalue weighted by atomic mass is 10.3. The van der Waals surface area contributed by atoms with Gasteiger partial charge in [0.25, 0.3) is 0 Å². The third-order valence-corrected chi connectivity index (χ3v) is 4.18. The fraction of sp³-hybridized carbons (Fsp3) is 0.700. The molecule has 0 amide bonds. The van der Waals surface area contributed by atoms with Crippen LogP contribution in [0.2, 0.25) is 0 Å². The van der Waals surface area contributed by atoms with Crippen molar-refractivity contribution in [1.29, 1.82) is 0 Å². The van der Waals surface area contributed by atoms with E-state index in [0.717, 1.165) is 18.8 Å². The van der Waals surface area contributed by atoms with E-state index in [9.17, 15) is 4.79 Å². The first-order valence-corrected chi connectivity index (χ1v) is 6.58. The number of thioether (sulfide) groups is 1. The molecule has 94 valence electrons. The van der Waals surface area contributed by atoms with Crippen molar-refractivity contribution in [2.24, 2.45) is 0 Å². The quantitative estimate of drug-likeness (QED) is 0.844. The van der Waals surface area contributed by atoms with E-state index in [1.807, 2.05) is 11.8 Å². The molecule has 2 unspecified atom stereocenters. The van der Waals surface area contributed by atoms with E-state index in [0.29, 0.717) is 17.9 Å². The van der Waals surface area contributed by atoms with Crippen LogP contribution >= 0.6 is 11.8 Å². The Balaban J connectivity index is 1.76. The number of aryl methyl sites for hydroxylation is 1. The van der Waals surface area contributed by atoms with Crippen LogP contribution in [0, 0.1) is 0 Å². The van der Waals surface area contributed by atoms with Gasteiger partial charge < -0.3 is 9.84 Å². The summed E-state index contributed by atoms with van der Waals surface area (Å²) in [6.45, 7) is 3.60. The average Bonchev–Trinajstić information content (AvgIpc) is 2.89. The van der Waals surface area contributed by atoms with Crippen molar-refractivity contribution in [1.82, 2.24) is 15.0 Å². The van der Waals surface area contributed by atoms with E-state index in [1.54, 1.807) is 4.68 Å². The van der Waals surface area contributed by atoms with Gasteiger partial charge in [0, 0.05) is 17.6 Å². The first kappa shape index (κ1) is 12.4. The third-order valence-electron chi connectivity index (χ3n) is 2.72. The Labute approximate surface area is 103 Å². The van der Waals surface area contributed by atoms with E-state index >= 15 is 0 Å². The predicted octanol–water partition coefficient (Wildman–Crippen LogP) is 0.887. The van der Waals surface area contributed by atoms with Gasteiger partial charge in [-0.2, -0.15) is 11.8 Å². The number of aromatic carboxylic acids is 1. The van der Waals surface area contributed by atoms with Crippen LogP contribution < -0.4 is 0 Å². The summed E-state index contributed by atoms with van der Waals surface area (Å²) in [5.74, 6) is -0.150. The largest absolute Gasteiger partial charge is 0.476 e. The Morgan fingerprint density at radius 3 is 3.18 bits per heavy atom. The molecule has 7 heteroatoms. The van der Waals surface area contributed by atoms with Gasteiger partial charge >= 0.3 is 5.97 Å². The summed E-state index contributed by atoms with van der Waals surface area (Å²) in [5, 5.41) is 16.6. The van der Waals surface area contributed by atoms with Gasteiger partial charge in [0.2, 0.25) is 0 Å². The Morgan fingerprint density at radius 2 is 2.59 bits per heavy atom. The molecule has 0 spiro atoms. The maximum atomic E-state index is 10.6. The summed E-state index contributed by atoms with van der Waals surface area (Å²) in [7, 11) is 0. The highest BCUT2D eigenvalue weighted by Gasteiger charge is 2.24. The maximum absolute atomic E-state index is 10.6. The Morgan fingerprint density at radius 1 is 1.76 bits per heavy atom. The van der Waals surface area contributed by atoms with Gasteiger partial charge in [-0.05, 0) is 13.3 Å². The summed E-state index contributed by atoms with van der Waals surface area (Å²) in [6.07, 6.45) is 2.85. The number of hydrogen-bond donors (Lipinski definition) is 1. The highest BCUT2D eigenvalue weighted by Crippen LogP contribution is 2.26. The molecule has 1 saturated heterocycles. The number of ether oxygens (including phenoxy) is 1. The lowest BCUT2D eigenvalue weighted by molar-refractivity contribution is 0.0690. The van der Waals surface area contributed by atoms with E-state index < -0.39 is 5.97 Å². The number of rotatable bonds is 5. The smallest absolute Gasteiger partial charge is 0.358 e. The van der Waals surface area contributed by atoms with Crippen LogP contribution in [0.4, 0.5) is 0 Å². The predicted molar refractivity (Wildman–Crippen MR) is 63.3 cm³/mol. The standard InChI is InChI=1S/C10H15N3O3S/c1-7-9(2-4-16-7)17-5-3-13-6-8(10(14)15)11-12-13/h6-7,9H,2-5H2,1H3,(H,14,15). The number of carboxylic acids is 1. The van der Waals surface area contributed by atoms with Crippen LogP contribution in [0.1, 0.15) is 23.8 Å². The SMILES string of the molecule is CC1OCCC1SCCn1cc(C(=O)O)nn1. The van der Waals surface area contributed by atoms with Crippen molar-refractivity contribution < 1.29 is 14.6 Å². The lowest BCUT2D eigenvalue weighted by Gasteiger charge is -2.12. The molecule has 17 heavy (non-hydrogen) atoms. The van der Waals surface area contributed by atoms with Crippen molar-refractivity contribution in [3.63, 3.8) is 0 Å². The summed E-state index contributed by atoms with van der Waals surface area (Å²) in [4.78, 5) is 10.6. The second kappa shape index (κ2) is 5.50. The molecule has 0 aromatic carbocycles. The van der Waals surface area contributed by atoms with E-state index in [4.69, 9.17) is 9.84 Å². The van der Waals surface area contributed by atoms with Crippen molar-refractivity contribution in [3.05, 3.63) is 11.9 Å². The zero-order valence-corrected chi connectivity index (χ0v) is 10.4. The van der Waals surface area contributed by atoms with E-state index in [-0.39, 0.29) is 5.69 Å². The monoisotopic (exact) mass is 257 g/mol. The van der Waals surface area contributed by atoms with Crippen LogP contribution in [0.5, 0.6) is 0 Å². The normalized spacial score (nSPS) is 24.1. The minimum absolute atomic E-state index is 0.00688. The minimum Gasteiger partial charge on any atom is -0.476 e. The van der Waals surface area contributed by atoms with Crippen molar-refractivity contribution in [2.75, 3.05) is 12.4 Å². The van der Waals surface area contributed by atoms with Crippen molar-refractivity contribution in [2.45, 2.75) is 31.2 Å². The highest BCUT2D eigenvalue weighted by molar-refractivity contribution is 7.99. The fourth-order valence-electron chi connectivity index (χ4n) is 1.73. The molecule has 1 fully saturated rings. The molecule has 1 aliphatic rings. The molecule has 0 bridgehead atoms. The third kappa shape index (κ3) is 3.19. The molecule has 1 aromatic rings. The van der Waals surface area contributed by atoms with E-state index in [2.05, 4.69) is 17.2 Å². The molecule has 2 atom stereocenters. The van der Waals surface area contributed by atoms with Crippen LogP contribution in [-0.2, 0) is 11.3 Å². The zero-order valence-electron chi connectivity index (χ0n) is 9.57. The molecule has 1 N–H and O–H groups in total. The summed E-state index contributed by atoms with van der Waals surface area (Å²) in [5.41, 5.74) is -0.00688. The van der Waals surface area contributed by atoms with Crippen LogP contribution in [0.3, 0.4) is 0 Å². The van der Waals surface area contributed by atoms with Crippen molar-refractivity contribution in [3.8, 4) is 0 Å². The second-order valence-corrected chi connectivity index (χ2v) is 5.29. The highest BCUT2D eigenvalue weighted by atomic mass is 32.2. The topological polar surface area (TPSA) is 77.2 Å². The van der Waals surface area contributed by atoms with Gasteiger partial charge in [-0.1, -0.05) is 5.21 Å². The van der Waals surface area contributed by atoms with Gasteiger partial charge in [-0.15, -0.1) is 5.10 Å². The van der Waals surface area contributed by atoms with Gasteiger partial charge in [0.15, 0.2) is 5.69 Å². The Bertz CT molecular complexity index is 396. The molecule has 1 aliphatic heterocycles. The molecule has 1 aromatic heterocycles. The number of carboxylic acid groups (broad SMARTS) is 1. The number of nitrogens with zero attached hydrogens (tertiary/aromatic N) is 3. The Kier molecular flexibility index (Phi) is 4.01. The number of aromatic nitrogens is 3. The average molecular weight is 257 g/mol. The molecule has 6 nitrogen and oxygen atoms in total. The molecule has 0 saturated carbocycles. The summed E-state index contributed by atoms with van der Waals surface area (Å²) >= 11 is 1.84. The summed E-state index contributed by atoms with van der Waals surface area (Å²) in [6, 6.07) is 0. The van der Waals surface area contributed by atoms with Crippen molar-refractivity contribution >= 4 is 17.7 Å². The molecule has 0 radical (unpaired) electrons. The molecule has 2 heterocycles. The maximum Gasteiger partial charge on any atom is 0.358 e. The second-order valence-electron chi connectivity index (χ2n) is 3.95. The van der Waals surface area contributed by atoms with Gasteiger partial charge in [0.1, 0.15) is 0 Å². The molecule has 2 rings (SSSR count). The minimum atomic E-state index is -1.04. The zero-order chi connectivity index (χ0) is 12.3. The molecular weight excluding hydrogens is 242 g/mol. The Hall–Kier alpha value is -1.08. The van der Waals surface area contributed by atoms with Crippen LogP contribution in [0.15, 0.2) is 6.20 Å². The lowest BCUT2D eigenvalue weighted by Crippen LogP contribution is -2.15. The van der Waals surface area contributed by atoms with Crippen LogP contribution in [-0.4, -0.2) is 49.8 Å². The van der Waals surface area contributed by atoms with Gasteiger partial charge in [-0.3, -0.25) is 4.68 Å². The number of hydrogen-bond acceptors (Lipinski definition) is 5. The first-order chi connectivity index (χ1) is 8.16. The first-order valence-electron chi connectivity index (χ1n) is 5.53. The molecule has 0 aliphatic carbocycles.